The van der Waals surface area contributed by atoms with Crippen molar-refractivity contribution >= 4 is 21.6 Å². The zero-order valence-electron chi connectivity index (χ0n) is 12.6. The van der Waals surface area contributed by atoms with Crippen LogP contribution in [0.1, 0.15) is 44.0 Å². The summed E-state index contributed by atoms with van der Waals surface area (Å²) in [6.07, 6.45) is 1.73. The molecule has 118 valence electrons. The van der Waals surface area contributed by atoms with Crippen molar-refractivity contribution in [3.63, 3.8) is 0 Å². The first-order chi connectivity index (χ1) is 9.67. The maximum absolute atomic E-state index is 12.3. The summed E-state index contributed by atoms with van der Waals surface area (Å²) in [5, 5.41) is 0. The van der Waals surface area contributed by atoms with Crippen molar-refractivity contribution < 1.29 is 13.2 Å². The Balaban J connectivity index is 2.95. The predicted molar refractivity (Wildman–Crippen MR) is 83.2 cm³/mol. The molecule has 0 bridgehead atoms. The largest absolute Gasteiger partial charge is 0.398 e. The van der Waals surface area contributed by atoms with Crippen LogP contribution in [0.15, 0.2) is 23.1 Å². The molecule has 6 nitrogen and oxygen atoms in total. The lowest BCUT2D eigenvalue weighted by Gasteiger charge is -2.18. The molecule has 0 heterocycles. The van der Waals surface area contributed by atoms with Gasteiger partial charge in [0.2, 0.25) is 15.9 Å². The van der Waals surface area contributed by atoms with Gasteiger partial charge >= 0.3 is 0 Å². The number of sulfonamides is 1. The van der Waals surface area contributed by atoms with Crippen LogP contribution in [0.4, 0.5) is 5.69 Å². The Morgan fingerprint density at radius 3 is 2.43 bits per heavy atom. The van der Waals surface area contributed by atoms with E-state index in [1.807, 2.05) is 6.92 Å². The van der Waals surface area contributed by atoms with E-state index in [2.05, 4.69) is 18.6 Å². The quantitative estimate of drug-likeness (QED) is 0.661. The highest BCUT2D eigenvalue weighted by Crippen LogP contribution is 2.21. The molecule has 0 saturated heterocycles. The van der Waals surface area contributed by atoms with Gasteiger partial charge in [0.15, 0.2) is 0 Å². The second kappa shape index (κ2) is 6.91. The number of nitrogens with one attached hydrogen (secondary N) is 1. The molecule has 0 radical (unpaired) electrons. The molecule has 21 heavy (non-hydrogen) atoms. The van der Waals surface area contributed by atoms with E-state index < -0.39 is 15.9 Å². The normalized spacial score (nSPS) is 14.6. The molecule has 0 spiro atoms. The third-order valence-corrected chi connectivity index (χ3v) is 5.06. The Labute approximate surface area is 126 Å². The zero-order chi connectivity index (χ0) is 16.2. The molecular formula is C14H23N3O3S. The average Bonchev–Trinajstić information content (AvgIpc) is 2.36. The maximum atomic E-state index is 12.3. The van der Waals surface area contributed by atoms with E-state index >= 15 is 0 Å². The molecule has 0 aliphatic carbocycles. The van der Waals surface area contributed by atoms with E-state index in [0.717, 1.165) is 12.8 Å². The number of carbonyl (C=O) groups is 1. The lowest BCUT2D eigenvalue weighted by atomic mass is 10.0. The lowest BCUT2D eigenvalue weighted by molar-refractivity contribution is 0.1000. The number of hydrogen-bond donors (Lipinski definition) is 3. The molecule has 2 atom stereocenters. The molecule has 1 amide bonds. The monoisotopic (exact) mass is 313 g/mol. The first kappa shape index (κ1) is 17.5. The Hall–Kier alpha value is -1.60. The van der Waals surface area contributed by atoms with Gasteiger partial charge in [0.25, 0.3) is 0 Å². The van der Waals surface area contributed by atoms with Crippen LogP contribution in [0.3, 0.4) is 0 Å². The first-order valence-electron chi connectivity index (χ1n) is 6.89. The van der Waals surface area contributed by atoms with Gasteiger partial charge in [-0.1, -0.05) is 20.3 Å². The summed E-state index contributed by atoms with van der Waals surface area (Å²) in [6, 6.07) is 3.73. The van der Waals surface area contributed by atoms with Gasteiger partial charge in [-0.3, -0.25) is 4.79 Å². The van der Waals surface area contributed by atoms with Crippen LogP contribution in [-0.2, 0) is 10.0 Å². The van der Waals surface area contributed by atoms with E-state index in [0.29, 0.717) is 5.92 Å². The fourth-order valence-corrected chi connectivity index (χ4v) is 3.46. The van der Waals surface area contributed by atoms with Crippen LogP contribution < -0.4 is 16.2 Å². The summed E-state index contributed by atoms with van der Waals surface area (Å²) in [4.78, 5) is 11.0. The molecule has 5 N–H and O–H groups in total. The molecule has 0 fully saturated rings. The van der Waals surface area contributed by atoms with Gasteiger partial charge in [0.1, 0.15) is 4.90 Å². The van der Waals surface area contributed by atoms with E-state index in [9.17, 15) is 13.2 Å². The Morgan fingerprint density at radius 1 is 1.33 bits per heavy atom. The van der Waals surface area contributed by atoms with Gasteiger partial charge in [-0.25, -0.2) is 13.1 Å². The minimum absolute atomic E-state index is 0.00883. The van der Waals surface area contributed by atoms with Gasteiger partial charge < -0.3 is 11.5 Å². The zero-order valence-corrected chi connectivity index (χ0v) is 13.4. The van der Waals surface area contributed by atoms with Crippen LogP contribution in [0.25, 0.3) is 0 Å². The highest BCUT2D eigenvalue weighted by atomic mass is 32.2. The SMILES string of the molecule is CCC(C)CC(C)NS(=O)(=O)c1ccc(C(N)=O)cc1N. The molecule has 2 unspecified atom stereocenters. The summed E-state index contributed by atoms with van der Waals surface area (Å²) in [6.45, 7) is 5.95. The maximum Gasteiger partial charge on any atom is 0.248 e. The van der Waals surface area contributed by atoms with Crippen molar-refractivity contribution in [3.05, 3.63) is 23.8 Å². The second-order valence-electron chi connectivity index (χ2n) is 5.39. The van der Waals surface area contributed by atoms with Crippen molar-refractivity contribution in [1.29, 1.82) is 0 Å². The van der Waals surface area contributed by atoms with Gasteiger partial charge in [-0.15, -0.1) is 0 Å². The van der Waals surface area contributed by atoms with Crippen molar-refractivity contribution in [1.82, 2.24) is 4.72 Å². The van der Waals surface area contributed by atoms with Gasteiger partial charge in [0, 0.05) is 11.6 Å². The Morgan fingerprint density at radius 2 is 1.95 bits per heavy atom. The molecular weight excluding hydrogens is 290 g/mol. The summed E-state index contributed by atoms with van der Waals surface area (Å²) in [5.74, 6) is -0.221. The predicted octanol–water partition coefficient (Wildman–Crippen LogP) is 1.47. The van der Waals surface area contributed by atoms with E-state index in [1.54, 1.807) is 0 Å². The lowest BCUT2D eigenvalue weighted by Crippen LogP contribution is -2.34. The molecule has 0 aromatic heterocycles. The van der Waals surface area contributed by atoms with E-state index in [-0.39, 0.29) is 22.2 Å². The summed E-state index contributed by atoms with van der Waals surface area (Å²) in [7, 11) is -3.71. The number of rotatable bonds is 7. The van der Waals surface area contributed by atoms with Crippen LogP contribution in [0, 0.1) is 5.92 Å². The van der Waals surface area contributed by atoms with Gasteiger partial charge in [0.05, 0.1) is 5.69 Å². The third kappa shape index (κ3) is 4.71. The fourth-order valence-electron chi connectivity index (χ4n) is 2.09. The number of nitrogen functional groups attached to an aromatic ring is 1. The third-order valence-electron chi connectivity index (χ3n) is 3.39. The van der Waals surface area contributed by atoms with Crippen molar-refractivity contribution in [2.45, 2.75) is 44.6 Å². The number of anilines is 1. The number of amides is 1. The summed E-state index contributed by atoms with van der Waals surface area (Å²) >= 11 is 0. The summed E-state index contributed by atoms with van der Waals surface area (Å²) < 4.78 is 27.2. The Bertz CT molecular complexity index is 614. The summed E-state index contributed by atoms with van der Waals surface area (Å²) in [5.41, 5.74) is 11.0. The molecule has 1 aromatic carbocycles. The van der Waals surface area contributed by atoms with Crippen LogP contribution in [0.2, 0.25) is 0 Å². The smallest absolute Gasteiger partial charge is 0.248 e. The average molecular weight is 313 g/mol. The number of hydrogen-bond acceptors (Lipinski definition) is 4. The van der Waals surface area contributed by atoms with E-state index in [4.69, 9.17) is 11.5 Å². The highest BCUT2D eigenvalue weighted by molar-refractivity contribution is 7.89. The first-order valence-corrected chi connectivity index (χ1v) is 8.37. The van der Waals surface area contributed by atoms with Crippen molar-refractivity contribution in [3.8, 4) is 0 Å². The van der Waals surface area contributed by atoms with E-state index in [1.165, 1.54) is 18.2 Å². The van der Waals surface area contributed by atoms with Crippen molar-refractivity contribution in [2.75, 3.05) is 5.73 Å². The standard InChI is InChI=1S/C14H23N3O3S/c1-4-9(2)7-10(3)17-21(19,20)13-6-5-11(14(16)18)8-12(13)15/h5-6,8-10,17H,4,7,15H2,1-3H3,(H2,16,18). The minimum atomic E-state index is -3.71. The molecule has 1 aromatic rings. The second-order valence-corrected chi connectivity index (χ2v) is 7.07. The van der Waals surface area contributed by atoms with Crippen LogP contribution in [-0.4, -0.2) is 20.4 Å². The van der Waals surface area contributed by atoms with Crippen LogP contribution >= 0.6 is 0 Å². The molecule has 7 heteroatoms. The molecule has 0 aliphatic heterocycles. The number of primary amides is 1. The molecule has 1 rings (SSSR count). The topological polar surface area (TPSA) is 115 Å². The van der Waals surface area contributed by atoms with Crippen LogP contribution in [0.5, 0.6) is 0 Å². The molecule has 0 aliphatic rings. The number of benzene rings is 1. The highest BCUT2D eigenvalue weighted by Gasteiger charge is 2.21. The number of nitrogens with two attached hydrogens (primary N) is 2. The Kier molecular flexibility index (Phi) is 5.74. The fraction of sp³-hybridized carbons (Fsp3) is 0.500. The minimum Gasteiger partial charge on any atom is -0.398 e. The van der Waals surface area contributed by atoms with Crippen molar-refractivity contribution in [2.24, 2.45) is 11.7 Å². The van der Waals surface area contributed by atoms with Gasteiger partial charge in [-0.05, 0) is 37.5 Å². The molecule has 0 saturated carbocycles. The number of carbonyl (C=O) groups excluding carboxylic acids is 1. The van der Waals surface area contributed by atoms with Gasteiger partial charge in [-0.2, -0.15) is 0 Å².